The van der Waals surface area contributed by atoms with Crippen LogP contribution in [0.2, 0.25) is 0 Å². The number of aromatic nitrogens is 1. The largest absolute Gasteiger partial charge is 0.609 e. The second-order valence-electron chi connectivity index (χ2n) is 3.95. The molecule has 2 rings (SSSR count). The van der Waals surface area contributed by atoms with Crippen LogP contribution in [0.15, 0.2) is 59.8 Å². The molecule has 4 heteroatoms. The van der Waals surface area contributed by atoms with Gasteiger partial charge in [-0.05, 0) is 6.07 Å². The van der Waals surface area contributed by atoms with Crippen LogP contribution in [0.25, 0.3) is 0 Å². The van der Waals surface area contributed by atoms with Gasteiger partial charge in [-0.25, -0.2) is 4.98 Å². The van der Waals surface area contributed by atoms with Crippen molar-refractivity contribution in [1.82, 2.24) is 4.98 Å². The second-order valence-corrected chi connectivity index (χ2v) is 5.72. The van der Waals surface area contributed by atoms with Crippen molar-refractivity contribution in [3.8, 4) is 6.07 Å². The average Bonchev–Trinajstić information content (AvgIpc) is 2.47. The van der Waals surface area contributed by atoms with E-state index in [1.165, 1.54) is 0 Å². The van der Waals surface area contributed by atoms with E-state index in [0.29, 0.717) is 5.03 Å². The predicted molar refractivity (Wildman–Crippen MR) is 70.1 cm³/mol. The van der Waals surface area contributed by atoms with Crippen LogP contribution in [0.3, 0.4) is 0 Å². The van der Waals surface area contributed by atoms with Gasteiger partial charge < -0.3 is 4.55 Å². The fourth-order valence-corrected chi connectivity index (χ4v) is 2.85. The Labute approximate surface area is 109 Å². The number of rotatable bonds is 3. The molecule has 1 aromatic heterocycles. The first-order chi connectivity index (χ1) is 8.68. The van der Waals surface area contributed by atoms with E-state index in [1.807, 2.05) is 30.3 Å². The molecule has 3 nitrogen and oxygen atoms in total. The number of hydrogen-bond acceptors (Lipinski definition) is 3. The van der Waals surface area contributed by atoms with Crippen molar-refractivity contribution in [2.24, 2.45) is 0 Å². The lowest BCUT2D eigenvalue weighted by atomic mass is 10.0. The molecular formula is C14H12N2OS. The lowest BCUT2D eigenvalue weighted by Crippen LogP contribution is -2.31. The minimum atomic E-state index is -1.51. The Hall–Kier alpha value is -1.83. The Morgan fingerprint density at radius 2 is 1.83 bits per heavy atom. The SMILES string of the molecule is CC(C#N)(c1ccccc1)[S+]([O-])c1ccccn1. The summed E-state index contributed by atoms with van der Waals surface area (Å²) in [5.74, 6) is 0. The summed E-state index contributed by atoms with van der Waals surface area (Å²) in [5, 5.41) is 9.82. The van der Waals surface area contributed by atoms with E-state index in [4.69, 9.17) is 0 Å². The molecule has 90 valence electrons. The molecule has 0 aliphatic heterocycles. The number of nitriles is 1. The molecule has 0 N–H and O–H groups in total. The van der Waals surface area contributed by atoms with Crippen LogP contribution in [0.5, 0.6) is 0 Å². The highest BCUT2D eigenvalue weighted by Gasteiger charge is 2.41. The molecule has 0 fully saturated rings. The number of nitrogens with zero attached hydrogens (tertiary/aromatic N) is 2. The highest BCUT2D eigenvalue weighted by atomic mass is 32.2. The summed E-state index contributed by atoms with van der Waals surface area (Å²) in [6.07, 6.45) is 1.58. The second kappa shape index (κ2) is 5.21. The Morgan fingerprint density at radius 3 is 2.39 bits per heavy atom. The molecule has 2 aromatic rings. The van der Waals surface area contributed by atoms with E-state index in [0.717, 1.165) is 5.56 Å². The van der Waals surface area contributed by atoms with Crippen molar-refractivity contribution in [2.45, 2.75) is 16.7 Å². The van der Waals surface area contributed by atoms with Gasteiger partial charge in [0.1, 0.15) is 6.07 Å². The molecule has 0 amide bonds. The molecule has 0 spiro atoms. The average molecular weight is 256 g/mol. The fraction of sp³-hybridized carbons (Fsp3) is 0.143. The smallest absolute Gasteiger partial charge is 0.246 e. The molecular weight excluding hydrogens is 244 g/mol. The van der Waals surface area contributed by atoms with Gasteiger partial charge in [0.25, 0.3) is 0 Å². The molecule has 1 aromatic carbocycles. The topological polar surface area (TPSA) is 59.7 Å². The van der Waals surface area contributed by atoms with Gasteiger partial charge in [-0.1, -0.05) is 36.4 Å². The zero-order valence-corrected chi connectivity index (χ0v) is 10.7. The fourth-order valence-electron chi connectivity index (χ4n) is 1.64. The zero-order valence-electron chi connectivity index (χ0n) is 9.91. The summed E-state index contributed by atoms with van der Waals surface area (Å²) in [6, 6.07) is 16.5. The first-order valence-electron chi connectivity index (χ1n) is 5.48. The van der Waals surface area contributed by atoms with Gasteiger partial charge in [-0.2, -0.15) is 5.26 Å². The predicted octanol–water partition coefficient (Wildman–Crippen LogP) is 2.63. The van der Waals surface area contributed by atoms with Crippen LogP contribution in [-0.4, -0.2) is 9.54 Å². The van der Waals surface area contributed by atoms with Crippen LogP contribution < -0.4 is 0 Å². The van der Waals surface area contributed by atoms with Gasteiger partial charge in [-0.3, -0.25) is 0 Å². The van der Waals surface area contributed by atoms with E-state index >= 15 is 0 Å². The summed E-state index contributed by atoms with van der Waals surface area (Å²) >= 11 is -1.51. The maximum absolute atomic E-state index is 12.5. The lowest BCUT2D eigenvalue weighted by molar-refractivity contribution is 0.566. The highest BCUT2D eigenvalue weighted by molar-refractivity contribution is 7.92. The Balaban J connectivity index is 2.43. The van der Waals surface area contributed by atoms with Crippen LogP contribution in [-0.2, 0) is 15.9 Å². The van der Waals surface area contributed by atoms with Crippen LogP contribution in [0.4, 0.5) is 0 Å². The first kappa shape index (κ1) is 12.6. The van der Waals surface area contributed by atoms with Gasteiger partial charge in [0.15, 0.2) is 0 Å². The van der Waals surface area contributed by atoms with Gasteiger partial charge in [0.05, 0.1) is 0 Å². The Morgan fingerprint density at radius 1 is 1.17 bits per heavy atom. The maximum Gasteiger partial charge on any atom is 0.246 e. The van der Waals surface area contributed by atoms with E-state index < -0.39 is 15.9 Å². The third-order valence-corrected chi connectivity index (χ3v) is 4.43. The molecule has 2 unspecified atom stereocenters. The molecule has 0 saturated carbocycles. The van der Waals surface area contributed by atoms with E-state index in [1.54, 1.807) is 31.3 Å². The lowest BCUT2D eigenvalue weighted by Gasteiger charge is -2.24. The highest BCUT2D eigenvalue weighted by Crippen LogP contribution is 2.33. The standard InChI is InChI=1S/C14H12N2OS/c1-14(11-15,12-7-3-2-4-8-12)18(17)13-9-5-6-10-16-13/h2-10H,1H3. The van der Waals surface area contributed by atoms with Crippen molar-refractivity contribution < 1.29 is 4.55 Å². The first-order valence-corrected chi connectivity index (χ1v) is 6.63. The monoisotopic (exact) mass is 256 g/mol. The molecule has 2 atom stereocenters. The normalized spacial score (nSPS) is 15.4. The van der Waals surface area contributed by atoms with Gasteiger partial charge in [0.2, 0.25) is 9.77 Å². The quantitative estimate of drug-likeness (QED) is 0.793. The third-order valence-electron chi connectivity index (χ3n) is 2.74. The molecule has 0 radical (unpaired) electrons. The molecule has 0 bridgehead atoms. The van der Waals surface area contributed by atoms with Crippen molar-refractivity contribution in [3.63, 3.8) is 0 Å². The summed E-state index contributed by atoms with van der Waals surface area (Å²) in [7, 11) is 0. The van der Waals surface area contributed by atoms with Crippen molar-refractivity contribution in [2.75, 3.05) is 0 Å². The Kier molecular flexibility index (Phi) is 3.66. The maximum atomic E-state index is 12.5. The summed E-state index contributed by atoms with van der Waals surface area (Å²) < 4.78 is 11.4. The number of benzene rings is 1. The van der Waals surface area contributed by atoms with Crippen molar-refractivity contribution >= 4 is 11.2 Å². The number of hydrogen-bond donors (Lipinski definition) is 0. The van der Waals surface area contributed by atoms with Crippen molar-refractivity contribution in [1.29, 1.82) is 5.26 Å². The van der Waals surface area contributed by atoms with Crippen LogP contribution in [0.1, 0.15) is 12.5 Å². The van der Waals surface area contributed by atoms with Gasteiger partial charge in [-0.15, -0.1) is 0 Å². The van der Waals surface area contributed by atoms with Gasteiger partial charge >= 0.3 is 0 Å². The third kappa shape index (κ3) is 2.23. The van der Waals surface area contributed by atoms with E-state index in [2.05, 4.69) is 11.1 Å². The van der Waals surface area contributed by atoms with E-state index in [9.17, 15) is 9.81 Å². The Bertz CT molecular complexity index is 553. The molecule has 0 aliphatic rings. The van der Waals surface area contributed by atoms with Crippen molar-refractivity contribution in [3.05, 3.63) is 60.3 Å². The van der Waals surface area contributed by atoms with Crippen LogP contribution in [0, 0.1) is 11.3 Å². The molecule has 0 saturated heterocycles. The minimum absolute atomic E-state index is 0.422. The minimum Gasteiger partial charge on any atom is -0.609 e. The van der Waals surface area contributed by atoms with Gasteiger partial charge in [0, 0.05) is 35.9 Å². The van der Waals surface area contributed by atoms with E-state index in [-0.39, 0.29) is 0 Å². The molecule has 1 heterocycles. The summed E-state index contributed by atoms with van der Waals surface area (Å²) in [5.41, 5.74) is 0.733. The zero-order chi connectivity index (χ0) is 13.0. The molecule has 0 aliphatic carbocycles. The molecule has 18 heavy (non-hydrogen) atoms. The number of pyridine rings is 1. The summed E-state index contributed by atoms with van der Waals surface area (Å²) in [4.78, 5) is 4.07. The van der Waals surface area contributed by atoms with Crippen LogP contribution >= 0.6 is 0 Å². The summed E-state index contributed by atoms with van der Waals surface area (Å²) in [6.45, 7) is 1.67.